The molecule has 0 radical (unpaired) electrons. The lowest BCUT2D eigenvalue weighted by atomic mass is 10.0. The predicted octanol–water partition coefficient (Wildman–Crippen LogP) is 8.91. The van der Waals surface area contributed by atoms with Crippen LogP contribution in [-0.2, 0) is 16.5 Å². The van der Waals surface area contributed by atoms with Gasteiger partial charge in [0.1, 0.15) is 0 Å². The lowest BCUT2D eigenvalue weighted by Crippen LogP contribution is -1.98. The van der Waals surface area contributed by atoms with Crippen molar-refractivity contribution in [1.82, 2.24) is 0 Å². The van der Waals surface area contributed by atoms with Crippen LogP contribution in [0.3, 0.4) is 0 Å². The zero-order chi connectivity index (χ0) is 22.6. The maximum Gasteiger partial charge on any atom is 0.294 e. The zero-order valence-electron chi connectivity index (χ0n) is 20.1. The van der Waals surface area contributed by atoms with Gasteiger partial charge in [0.2, 0.25) is 0 Å². The molecule has 0 spiro atoms. The molecule has 0 aliphatic heterocycles. The highest BCUT2D eigenvalue weighted by Gasteiger charge is 2.08. The minimum absolute atomic E-state index is 0.0237. The molecule has 0 saturated heterocycles. The first-order valence-electron chi connectivity index (χ1n) is 13.1. The normalized spacial score (nSPS) is 11.8. The van der Waals surface area contributed by atoms with E-state index in [0.29, 0.717) is 0 Å². The fraction of sp³-hybridized carbons (Fsp3) is 0.778. The molecule has 31 heavy (non-hydrogen) atoms. The van der Waals surface area contributed by atoms with Gasteiger partial charge in [0.05, 0.1) is 4.90 Å². The Morgan fingerprint density at radius 3 is 1.19 bits per heavy atom. The van der Waals surface area contributed by atoms with Gasteiger partial charge >= 0.3 is 0 Å². The Morgan fingerprint density at radius 2 is 0.871 bits per heavy atom. The lowest BCUT2D eigenvalue weighted by molar-refractivity contribution is 0.483. The summed E-state index contributed by atoms with van der Waals surface area (Å²) in [4.78, 5) is -0.0237. The zero-order valence-corrected chi connectivity index (χ0v) is 20.9. The Kier molecular flexibility index (Phi) is 17.0. The molecule has 0 aromatic heterocycles. The molecular weight excluding hydrogens is 404 g/mol. The largest absolute Gasteiger partial charge is 0.294 e. The first kappa shape index (κ1) is 28.2. The van der Waals surface area contributed by atoms with Crippen molar-refractivity contribution >= 4 is 10.1 Å². The number of unbranched alkanes of at least 4 members (excludes halogenated alkanes) is 18. The van der Waals surface area contributed by atoms with Gasteiger partial charge in [0.25, 0.3) is 10.1 Å². The van der Waals surface area contributed by atoms with E-state index in [9.17, 15) is 8.42 Å². The average molecular weight is 453 g/mol. The van der Waals surface area contributed by atoms with E-state index in [1.165, 1.54) is 128 Å². The van der Waals surface area contributed by atoms with Crippen LogP contribution in [0.4, 0.5) is 0 Å². The molecule has 1 aromatic rings. The molecule has 0 amide bonds. The van der Waals surface area contributed by atoms with Crippen LogP contribution in [0.2, 0.25) is 0 Å². The molecule has 0 unspecified atom stereocenters. The van der Waals surface area contributed by atoms with Crippen LogP contribution in [0, 0.1) is 0 Å². The third-order valence-electron chi connectivity index (χ3n) is 6.29. The number of benzene rings is 1. The van der Waals surface area contributed by atoms with Gasteiger partial charge in [-0.25, -0.2) is 0 Å². The van der Waals surface area contributed by atoms with Crippen molar-refractivity contribution in [3.8, 4) is 0 Å². The van der Waals surface area contributed by atoms with Gasteiger partial charge in [-0.2, -0.15) is 8.42 Å². The van der Waals surface area contributed by atoms with Crippen molar-refractivity contribution in [2.45, 2.75) is 140 Å². The summed E-state index contributed by atoms with van der Waals surface area (Å²) >= 11 is 0. The molecular formula is C27H48O3S. The lowest BCUT2D eigenvalue weighted by Gasteiger charge is -2.05. The van der Waals surface area contributed by atoms with Gasteiger partial charge < -0.3 is 0 Å². The number of aryl methyl sites for hydroxylation is 1. The summed E-state index contributed by atoms with van der Waals surface area (Å²) in [6.45, 7) is 2.28. The fourth-order valence-corrected chi connectivity index (χ4v) is 4.72. The number of hydrogen-bond donors (Lipinski definition) is 1. The Hall–Kier alpha value is -0.870. The molecule has 0 bridgehead atoms. The maximum absolute atomic E-state index is 11.0. The first-order valence-corrected chi connectivity index (χ1v) is 14.5. The summed E-state index contributed by atoms with van der Waals surface area (Å²) in [5.41, 5.74) is 1.14. The van der Waals surface area contributed by atoms with Crippen LogP contribution >= 0.6 is 0 Å². The molecule has 1 rings (SSSR count). The molecule has 1 aromatic carbocycles. The molecule has 180 valence electrons. The van der Waals surface area contributed by atoms with E-state index in [4.69, 9.17) is 4.55 Å². The van der Waals surface area contributed by atoms with E-state index >= 15 is 0 Å². The van der Waals surface area contributed by atoms with Crippen LogP contribution in [0.5, 0.6) is 0 Å². The number of hydrogen-bond acceptors (Lipinski definition) is 2. The van der Waals surface area contributed by atoms with E-state index < -0.39 is 10.1 Å². The monoisotopic (exact) mass is 452 g/mol. The highest BCUT2D eigenvalue weighted by atomic mass is 32.2. The Bertz CT molecular complexity index is 622. The second kappa shape index (κ2) is 18.7. The van der Waals surface area contributed by atoms with Crippen molar-refractivity contribution < 1.29 is 13.0 Å². The highest BCUT2D eigenvalue weighted by Crippen LogP contribution is 2.16. The second-order valence-electron chi connectivity index (χ2n) is 9.23. The Morgan fingerprint density at radius 1 is 0.548 bits per heavy atom. The molecule has 0 saturated carbocycles. The summed E-state index contributed by atoms with van der Waals surface area (Å²) in [6.07, 6.45) is 27.3. The van der Waals surface area contributed by atoms with E-state index in [1.54, 1.807) is 12.1 Å². The summed E-state index contributed by atoms with van der Waals surface area (Å²) in [5.74, 6) is 0. The quantitative estimate of drug-likeness (QED) is 0.150. The van der Waals surface area contributed by atoms with Gasteiger partial charge in [-0.05, 0) is 30.5 Å². The molecule has 0 aliphatic rings. The fourth-order valence-electron chi connectivity index (χ4n) is 4.24. The standard InChI is InChI=1S/C27H48O3S/c1-2-3-4-5-6-7-8-9-10-11-12-13-14-15-16-17-18-19-20-21-26-22-24-27(25-23-26)31(28,29)30/h22-25H,2-21H2,1H3,(H,28,29,30). The minimum atomic E-state index is -4.07. The summed E-state index contributed by atoms with van der Waals surface area (Å²) in [6, 6.07) is 6.58. The summed E-state index contributed by atoms with van der Waals surface area (Å²) < 4.78 is 31.1. The SMILES string of the molecule is CCCCCCCCCCCCCCCCCCCCCc1ccc(S(=O)(=O)O)cc1. The molecule has 1 N–H and O–H groups in total. The van der Waals surface area contributed by atoms with Crippen LogP contribution in [0.1, 0.15) is 134 Å². The molecule has 4 heteroatoms. The molecule has 0 atom stereocenters. The Labute approximate surface area is 193 Å². The topological polar surface area (TPSA) is 54.4 Å². The van der Waals surface area contributed by atoms with Crippen molar-refractivity contribution in [1.29, 1.82) is 0 Å². The summed E-state index contributed by atoms with van der Waals surface area (Å²) in [7, 11) is -4.07. The minimum Gasteiger partial charge on any atom is -0.282 e. The first-order chi connectivity index (χ1) is 15.0. The van der Waals surface area contributed by atoms with Gasteiger partial charge in [-0.3, -0.25) is 4.55 Å². The van der Waals surface area contributed by atoms with Crippen LogP contribution in [-0.4, -0.2) is 13.0 Å². The van der Waals surface area contributed by atoms with Gasteiger partial charge in [-0.1, -0.05) is 135 Å². The van der Waals surface area contributed by atoms with E-state index in [2.05, 4.69) is 6.92 Å². The van der Waals surface area contributed by atoms with Crippen LogP contribution < -0.4 is 0 Å². The maximum atomic E-state index is 11.0. The van der Waals surface area contributed by atoms with Crippen molar-refractivity contribution in [3.63, 3.8) is 0 Å². The smallest absolute Gasteiger partial charge is 0.282 e. The second-order valence-corrected chi connectivity index (χ2v) is 10.7. The van der Waals surface area contributed by atoms with E-state index in [0.717, 1.165) is 18.4 Å². The van der Waals surface area contributed by atoms with Crippen LogP contribution in [0.15, 0.2) is 29.2 Å². The molecule has 0 fully saturated rings. The van der Waals surface area contributed by atoms with Crippen LogP contribution in [0.25, 0.3) is 0 Å². The van der Waals surface area contributed by atoms with Gasteiger partial charge in [-0.15, -0.1) is 0 Å². The summed E-state index contributed by atoms with van der Waals surface area (Å²) in [5, 5.41) is 0. The molecule has 0 aliphatic carbocycles. The molecule has 3 nitrogen and oxygen atoms in total. The number of rotatable bonds is 21. The van der Waals surface area contributed by atoms with Gasteiger partial charge in [0, 0.05) is 0 Å². The van der Waals surface area contributed by atoms with Crippen molar-refractivity contribution in [3.05, 3.63) is 29.8 Å². The van der Waals surface area contributed by atoms with E-state index in [1.807, 2.05) is 0 Å². The van der Waals surface area contributed by atoms with Crippen molar-refractivity contribution in [2.75, 3.05) is 0 Å². The highest BCUT2D eigenvalue weighted by molar-refractivity contribution is 7.85. The van der Waals surface area contributed by atoms with Crippen molar-refractivity contribution in [2.24, 2.45) is 0 Å². The Balaban J connectivity index is 1.80. The third-order valence-corrected chi connectivity index (χ3v) is 7.16. The predicted molar refractivity (Wildman–Crippen MR) is 133 cm³/mol. The average Bonchev–Trinajstić information content (AvgIpc) is 2.75. The third kappa shape index (κ3) is 16.4. The van der Waals surface area contributed by atoms with Gasteiger partial charge in [0.15, 0.2) is 0 Å². The van der Waals surface area contributed by atoms with E-state index in [-0.39, 0.29) is 4.90 Å². The molecule has 0 heterocycles.